The van der Waals surface area contributed by atoms with Crippen molar-refractivity contribution in [2.45, 2.75) is 39.7 Å². The summed E-state index contributed by atoms with van der Waals surface area (Å²) in [4.78, 5) is 38.2. The van der Waals surface area contributed by atoms with E-state index in [4.69, 9.17) is 21.4 Å². The number of carboxylic acids is 1. The Kier molecular flexibility index (Phi) is 5.48. The molecular weight excluding hydrogens is 312 g/mol. The highest BCUT2D eigenvalue weighted by molar-refractivity contribution is 6.41. The van der Waals surface area contributed by atoms with E-state index in [1.54, 1.807) is 27.7 Å². The second kappa shape index (κ2) is 6.74. The lowest BCUT2D eigenvalue weighted by atomic mass is 10.1. The molecule has 0 aliphatic carbocycles. The zero-order chi connectivity index (χ0) is 17.1. The molecule has 0 aliphatic rings. The number of ether oxygens (including phenoxy) is 1. The molecular formula is C14H17ClN2O5. The number of carboxylic acid groups (broad SMARTS) is 1. The number of carbonyl (C=O) groups is 3. The normalized spacial score (nSPS) is 11.0. The van der Waals surface area contributed by atoms with Crippen molar-refractivity contribution in [2.75, 3.05) is 5.32 Å². The molecule has 0 saturated carbocycles. The van der Waals surface area contributed by atoms with Crippen LogP contribution >= 0.6 is 11.6 Å². The van der Waals surface area contributed by atoms with Gasteiger partial charge in [0.1, 0.15) is 16.4 Å². The van der Waals surface area contributed by atoms with E-state index < -0.39 is 29.1 Å². The van der Waals surface area contributed by atoms with E-state index in [2.05, 4.69) is 10.3 Å². The number of hydrogen-bond donors (Lipinski definition) is 2. The highest BCUT2D eigenvalue weighted by Gasteiger charge is 2.26. The molecule has 0 fully saturated rings. The highest BCUT2D eigenvalue weighted by Crippen LogP contribution is 2.25. The van der Waals surface area contributed by atoms with E-state index in [0.717, 1.165) is 0 Å². The Balaban J connectivity index is 3.28. The fraction of sp³-hybridized carbons (Fsp3) is 0.429. The van der Waals surface area contributed by atoms with E-state index in [1.165, 1.54) is 6.07 Å². The van der Waals surface area contributed by atoms with E-state index >= 15 is 0 Å². The molecule has 1 amide bonds. The van der Waals surface area contributed by atoms with Crippen molar-refractivity contribution in [1.29, 1.82) is 0 Å². The van der Waals surface area contributed by atoms with Crippen LogP contribution in [0.4, 0.5) is 10.5 Å². The Morgan fingerprint density at radius 1 is 1.36 bits per heavy atom. The van der Waals surface area contributed by atoms with E-state index in [-0.39, 0.29) is 10.8 Å². The summed E-state index contributed by atoms with van der Waals surface area (Å²) in [6.07, 6.45) is -0.404. The Morgan fingerprint density at radius 2 is 1.95 bits per heavy atom. The predicted molar refractivity (Wildman–Crippen MR) is 80.4 cm³/mol. The SMILES string of the molecule is CCc1cc(Cl)nc(C(=O)C(=O)O)c1NC(=O)OC(C)(C)C. The van der Waals surface area contributed by atoms with E-state index in [0.29, 0.717) is 12.0 Å². The summed E-state index contributed by atoms with van der Waals surface area (Å²) in [6.45, 7) is 6.80. The number of hydrogen-bond acceptors (Lipinski definition) is 5. The van der Waals surface area contributed by atoms with Crippen LogP contribution in [-0.2, 0) is 16.0 Å². The van der Waals surface area contributed by atoms with Gasteiger partial charge in [0, 0.05) is 0 Å². The minimum Gasteiger partial charge on any atom is -0.475 e. The van der Waals surface area contributed by atoms with Crippen LogP contribution in [0.5, 0.6) is 0 Å². The van der Waals surface area contributed by atoms with Gasteiger partial charge >= 0.3 is 12.1 Å². The average molecular weight is 329 g/mol. The van der Waals surface area contributed by atoms with Crippen LogP contribution < -0.4 is 5.32 Å². The molecule has 22 heavy (non-hydrogen) atoms. The summed E-state index contributed by atoms with van der Waals surface area (Å²) in [5.41, 5.74) is -0.695. The van der Waals surface area contributed by atoms with Gasteiger partial charge in [-0.25, -0.2) is 14.6 Å². The van der Waals surface area contributed by atoms with Crippen LogP contribution in [0, 0.1) is 0 Å². The number of aliphatic carboxylic acids is 1. The van der Waals surface area contributed by atoms with Gasteiger partial charge in [0.15, 0.2) is 0 Å². The van der Waals surface area contributed by atoms with Crippen LogP contribution in [0.15, 0.2) is 6.07 Å². The maximum atomic E-state index is 11.9. The minimum atomic E-state index is -1.69. The number of nitrogens with zero attached hydrogens (tertiary/aromatic N) is 1. The highest BCUT2D eigenvalue weighted by atomic mass is 35.5. The van der Waals surface area contributed by atoms with Gasteiger partial charge < -0.3 is 9.84 Å². The molecule has 0 aromatic carbocycles. The molecule has 1 rings (SSSR count). The summed E-state index contributed by atoms with van der Waals surface area (Å²) in [7, 11) is 0. The van der Waals surface area contributed by atoms with Crippen LogP contribution in [0.2, 0.25) is 5.15 Å². The number of aryl methyl sites for hydroxylation is 1. The van der Waals surface area contributed by atoms with Gasteiger partial charge in [0.05, 0.1) is 5.69 Å². The third kappa shape index (κ3) is 4.70. The molecule has 0 bridgehead atoms. The predicted octanol–water partition coefficient (Wildman–Crippen LogP) is 2.91. The topological polar surface area (TPSA) is 106 Å². The Bertz CT molecular complexity index is 622. The molecule has 7 nitrogen and oxygen atoms in total. The Hall–Kier alpha value is -2.15. The summed E-state index contributed by atoms with van der Waals surface area (Å²) >= 11 is 5.79. The van der Waals surface area contributed by atoms with Gasteiger partial charge in [-0.05, 0) is 38.8 Å². The van der Waals surface area contributed by atoms with Gasteiger partial charge in [-0.1, -0.05) is 18.5 Å². The number of halogens is 1. The fourth-order valence-corrected chi connectivity index (χ4v) is 1.87. The zero-order valence-electron chi connectivity index (χ0n) is 12.7. The fourth-order valence-electron chi connectivity index (χ4n) is 1.65. The summed E-state index contributed by atoms with van der Waals surface area (Å²) in [5, 5.41) is 11.2. The van der Waals surface area contributed by atoms with Crippen molar-refractivity contribution >= 4 is 35.1 Å². The van der Waals surface area contributed by atoms with Crippen molar-refractivity contribution in [3.63, 3.8) is 0 Å². The van der Waals surface area contributed by atoms with Crippen LogP contribution in [0.3, 0.4) is 0 Å². The summed E-state index contributed by atoms with van der Waals surface area (Å²) in [5.74, 6) is -2.95. The number of ketones is 1. The largest absolute Gasteiger partial charge is 0.475 e. The number of pyridine rings is 1. The minimum absolute atomic E-state index is 0.00597. The molecule has 0 radical (unpaired) electrons. The number of rotatable bonds is 4. The average Bonchev–Trinajstić information content (AvgIpc) is 2.36. The first-order chi connectivity index (χ1) is 10.0. The monoisotopic (exact) mass is 328 g/mol. The first kappa shape index (κ1) is 17.9. The summed E-state index contributed by atoms with van der Waals surface area (Å²) in [6, 6.07) is 1.45. The first-order valence-electron chi connectivity index (χ1n) is 6.52. The lowest BCUT2D eigenvalue weighted by Gasteiger charge is -2.21. The number of anilines is 1. The van der Waals surface area contributed by atoms with E-state index in [9.17, 15) is 14.4 Å². The number of aromatic nitrogens is 1. The van der Waals surface area contributed by atoms with Crippen LogP contribution in [-0.4, -0.2) is 33.5 Å². The van der Waals surface area contributed by atoms with Gasteiger partial charge in [0.25, 0.3) is 5.78 Å². The van der Waals surface area contributed by atoms with Crippen molar-refractivity contribution in [2.24, 2.45) is 0 Å². The molecule has 0 spiro atoms. The molecule has 1 aromatic heterocycles. The summed E-state index contributed by atoms with van der Waals surface area (Å²) < 4.78 is 5.10. The Labute approximate surface area is 132 Å². The van der Waals surface area contributed by atoms with E-state index in [1.807, 2.05) is 0 Å². The zero-order valence-corrected chi connectivity index (χ0v) is 13.4. The lowest BCUT2D eigenvalue weighted by molar-refractivity contribution is -0.131. The number of nitrogens with one attached hydrogen (secondary N) is 1. The van der Waals surface area contributed by atoms with Crippen molar-refractivity contribution in [3.05, 3.63) is 22.5 Å². The first-order valence-corrected chi connectivity index (χ1v) is 6.90. The van der Waals surface area contributed by atoms with Gasteiger partial charge in [-0.3, -0.25) is 10.1 Å². The lowest BCUT2D eigenvalue weighted by Crippen LogP contribution is -2.29. The molecule has 0 saturated heterocycles. The Morgan fingerprint density at radius 3 is 2.41 bits per heavy atom. The second-order valence-electron chi connectivity index (χ2n) is 5.44. The van der Waals surface area contributed by atoms with Crippen LogP contribution in [0.25, 0.3) is 0 Å². The maximum Gasteiger partial charge on any atom is 0.412 e. The molecule has 120 valence electrons. The van der Waals surface area contributed by atoms with Gasteiger partial charge in [-0.2, -0.15) is 0 Å². The third-order valence-electron chi connectivity index (χ3n) is 2.49. The number of carbonyl (C=O) groups excluding carboxylic acids is 2. The van der Waals surface area contributed by atoms with Crippen LogP contribution in [0.1, 0.15) is 43.7 Å². The number of amides is 1. The number of Topliss-reactive ketones (excluding diaryl/α,β-unsaturated/α-hetero) is 1. The van der Waals surface area contributed by atoms with Crippen molar-refractivity contribution in [1.82, 2.24) is 4.98 Å². The van der Waals surface area contributed by atoms with Crippen molar-refractivity contribution < 1.29 is 24.2 Å². The molecule has 1 aromatic rings. The molecule has 0 unspecified atom stereocenters. The smallest absolute Gasteiger partial charge is 0.412 e. The second-order valence-corrected chi connectivity index (χ2v) is 5.83. The maximum absolute atomic E-state index is 11.9. The van der Waals surface area contributed by atoms with Crippen molar-refractivity contribution in [3.8, 4) is 0 Å². The molecule has 8 heteroatoms. The quantitative estimate of drug-likeness (QED) is 0.500. The standard InChI is InChI=1S/C14H17ClN2O5/c1-5-7-6-8(15)16-10(11(18)12(19)20)9(7)17-13(21)22-14(2,3)4/h6H,5H2,1-4H3,(H,17,21)(H,19,20). The van der Waals surface area contributed by atoms with Gasteiger partial charge in [-0.15, -0.1) is 0 Å². The third-order valence-corrected chi connectivity index (χ3v) is 2.68. The molecule has 0 atom stereocenters. The molecule has 0 aliphatic heterocycles. The molecule has 2 N–H and O–H groups in total. The van der Waals surface area contributed by atoms with Gasteiger partial charge in [0.2, 0.25) is 0 Å². The molecule has 1 heterocycles.